The van der Waals surface area contributed by atoms with Gasteiger partial charge in [0.2, 0.25) is 11.8 Å². The fourth-order valence-corrected chi connectivity index (χ4v) is 3.89. The van der Waals surface area contributed by atoms with Crippen LogP contribution in [-0.4, -0.2) is 53.8 Å². The summed E-state index contributed by atoms with van der Waals surface area (Å²) in [6, 6.07) is 9.51. The van der Waals surface area contributed by atoms with Gasteiger partial charge < -0.3 is 10.2 Å². The van der Waals surface area contributed by atoms with Crippen molar-refractivity contribution in [1.82, 2.24) is 15.1 Å². The highest BCUT2D eigenvalue weighted by Gasteiger charge is 2.39. The van der Waals surface area contributed by atoms with E-state index in [0.717, 1.165) is 12.8 Å². The van der Waals surface area contributed by atoms with Crippen molar-refractivity contribution < 1.29 is 9.59 Å². The summed E-state index contributed by atoms with van der Waals surface area (Å²) in [6.07, 6.45) is 4.58. The first kappa shape index (κ1) is 14.7. The molecule has 122 valence electrons. The van der Waals surface area contributed by atoms with Crippen LogP contribution in [0.3, 0.4) is 0 Å². The number of nitrogens with zero attached hydrogens (tertiary/aromatic N) is 2. The third kappa shape index (κ3) is 2.98. The van der Waals surface area contributed by atoms with Crippen molar-refractivity contribution in [3.8, 4) is 0 Å². The molecule has 0 radical (unpaired) electrons. The minimum Gasteiger partial charge on any atom is -0.353 e. The molecule has 5 nitrogen and oxygen atoms in total. The summed E-state index contributed by atoms with van der Waals surface area (Å²) in [5, 5.41) is 2.78. The zero-order valence-corrected chi connectivity index (χ0v) is 13.3. The van der Waals surface area contributed by atoms with Crippen LogP contribution in [0.4, 0.5) is 0 Å². The first-order valence-corrected chi connectivity index (χ1v) is 8.60. The molecule has 1 aromatic rings. The van der Waals surface area contributed by atoms with E-state index in [-0.39, 0.29) is 18.4 Å². The van der Waals surface area contributed by atoms with Crippen molar-refractivity contribution in [2.24, 2.45) is 0 Å². The number of fused-ring (bicyclic) bond motifs is 1. The molecule has 1 N–H and O–H groups in total. The van der Waals surface area contributed by atoms with E-state index in [0.29, 0.717) is 31.7 Å². The van der Waals surface area contributed by atoms with Gasteiger partial charge in [-0.1, -0.05) is 24.3 Å². The van der Waals surface area contributed by atoms with Crippen LogP contribution < -0.4 is 5.32 Å². The van der Waals surface area contributed by atoms with Gasteiger partial charge in [0.15, 0.2) is 0 Å². The highest BCUT2D eigenvalue weighted by Crippen LogP contribution is 2.41. The summed E-state index contributed by atoms with van der Waals surface area (Å²) in [6.45, 7) is 1.85. The number of aryl methyl sites for hydroxylation is 1. The third-order valence-corrected chi connectivity index (χ3v) is 5.23. The second kappa shape index (κ2) is 5.96. The second-order valence-corrected chi connectivity index (χ2v) is 6.82. The number of carbonyl (C=O) groups excluding carboxylic acids is 2. The normalized spacial score (nSPS) is 23.8. The van der Waals surface area contributed by atoms with Crippen molar-refractivity contribution in [3.63, 3.8) is 0 Å². The van der Waals surface area contributed by atoms with E-state index in [4.69, 9.17) is 0 Å². The molecular formula is C18H23N3O2. The molecule has 1 aliphatic heterocycles. The largest absolute Gasteiger partial charge is 0.353 e. The Bertz CT molecular complexity index is 626. The van der Waals surface area contributed by atoms with Crippen LogP contribution in [0, 0.1) is 0 Å². The first-order chi connectivity index (χ1) is 11.2. The van der Waals surface area contributed by atoms with Gasteiger partial charge in [-0.3, -0.25) is 14.5 Å². The van der Waals surface area contributed by atoms with Crippen LogP contribution in [0.25, 0.3) is 0 Å². The minimum atomic E-state index is -0.0474. The van der Waals surface area contributed by atoms with Crippen molar-refractivity contribution in [2.75, 3.05) is 26.2 Å². The number of hydrogen-bond donors (Lipinski definition) is 1. The lowest BCUT2D eigenvalue weighted by atomic mass is 10.1. The van der Waals surface area contributed by atoms with Crippen LogP contribution >= 0.6 is 0 Å². The van der Waals surface area contributed by atoms with E-state index in [1.54, 1.807) is 4.90 Å². The monoisotopic (exact) mass is 313 g/mol. The molecule has 0 aromatic heterocycles. The molecule has 1 atom stereocenters. The molecule has 0 unspecified atom stereocenters. The smallest absolute Gasteiger partial charge is 0.239 e. The van der Waals surface area contributed by atoms with Crippen LogP contribution in [0.15, 0.2) is 24.3 Å². The standard InChI is InChI=1S/C18H23N3O2/c22-17-11-20(10-9-19-17)18(23)12-21(14-6-7-14)16-8-5-13-3-1-2-4-15(13)16/h1-4,14,16H,5-12H2,(H,19,22)/t16-/m1/s1. The van der Waals surface area contributed by atoms with Gasteiger partial charge in [0.25, 0.3) is 0 Å². The number of carbonyl (C=O) groups is 2. The minimum absolute atomic E-state index is 0.0474. The maximum atomic E-state index is 12.7. The van der Waals surface area contributed by atoms with Crippen LogP contribution in [0.5, 0.6) is 0 Å². The highest BCUT2D eigenvalue weighted by atomic mass is 16.2. The van der Waals surface area contributed by atoms with Gasteiger partial charge in [-0.2, -0.15) is 0 Å². The number of hydrogen-bond acceptors (Lipinski definition) is 3. The van der Waals surface area contributed by atoms with Crippen molar-refractivity contribution in [3.05, 3.63) is 35.4 Å². The Morgan fingerprint density at radius 1 is 1.26 bits per heavy atom. The topological polar surface area (TPSA) is 52.7 Å². The van der Waals surface area contributed by atoms with E-state index < -0.39 is 0 Å². The maximum Gasteiger partial charge on any atom is 0.239 e. The Morgan fingerprint density at radius 3 is 2.87 bits per heavy atom. The summed E-state index contributed by atoms with van der Waals surface area (Å²) in [5.41, 5.74) is 2.82. The molecule has 2 amide bonds. The lowest BCUT2D eigenvalue weighted by Gasteiger charge is -2.33. The molecule has 1 heterocycles. The number of piperazine rings is 1. The van der Waals surface area contributed by atoms with Gasteiger partial charge in [0.1, 0.15) is 0 Å². The lowest BCUT2D eigenvalue weighted by Crippen LogP contribution is -2.52. The van der Waals surface area contributed by atoms with Gasteiger partial charge in [0, 0.05) is 25.2 Å². The van der Waals surface area contributed by atoms with Gasteiger partial charge in [-0.15, -0.1) is 0 Å². The van der Waals surface area contributed by atoms with Gasteiger partial charge in [0.05, 0.1) is 13.1 Å². The van der Waals surface area contributed by atoms with Gasteiger partial charge >= 0.3 is 0 Å². The zero-order valence-electron chi connectivity index (χ0n) is 13.3. The number of benzene rings is 1. The van der Waals surface area contributed by atoms with Gasteiger partial charge in [-0.25, -0.2) is 0 Å². The average Bonchev–Trinajstić information content (AvgIpc) is 3.32. The Morgan fingerprint density at radius 2 is 2.09 bits per heavy atom. The van der Waals surface area contributed by atoms with E-state index in [1.807, 2.05) is 0 Å². The molecule has 1 saturated heterocycles. The van der Waals surface area contributed by atoms with Crippen molar-refractivity contribution >= 4 is 11.8 Å². The molecule has 3 aliphatic rings. The van der Waals surface area contributed by atoms with Crippen molar-refractivity contribution in [2.45, 2.75) is 37.8 Å². The molecule has 4 rings (SSSR count). The zero-order chi connectivity index (χ0) is 15.8. The Labute approximate surface area is 136 Å². The predicted octanol–water partition coefficient (Wildman–Crippen LogP) is 1.10. The highest BCUT2D eigenvalue weighted by molar-refractivity contribution is 5.86. The van der Waals surface area contributed by atoms with Crippen molar-refractivity contribution in [1.29, 1.82) is 0 Å². The van der Waals surface area contributed by atoms with Crippen LogP contribution in [0.1, 0.15) is 36.4 Å². The number of amides is 2. The van der Waals surface area contributed by atoms with Crippen LogP contribution in [0.2, 0.25) is 0 Å². The molecule has 5 heteroatoms. The Balaban J connectivity index is 1.49. The fraction of sp³-hybridized carbons (Fsp3) is 0.556. The third-order valence-electron chi connectivity index (χ3n) is 5.23. The fourth-order valence-electron chi connectivity index (χ4n) is 3.89. The van der Waals surface area contributed by atoms with Gasteiger partial charge in [-0.05, 0) is 36.8 Å². The summed E-state index contributed by atoms with van der Waals surface area (Å²) >= 11 is 0. The van der Waals surface area contributed by atoms with Crippen LogP contribution in [-0.2, 0) is 16.0 Å². The summed E-state index contributed by atoms with van der Waals surface area (Å²) < 4.78 is 0. The first-order valence-electron chi connectivity index (χ1n) is 8.60. The molecule has 23 heavy (non-hydrogen) atoms. The Kier molecular flexibility index (Phi) is 3.81. The Hall–Kier alpha value is -1.88. The quantitative estimate of drug-likeness (QED) is 0.905. The summed E-state index contributed by atoms with van der Waals surface area (Å²) in [7, 11) is 0. The summed E-state index contributed by atoms with van der Waals surface area (Å²) in [5.74, 6) is 0.0462. The maximum absolute atomic E-state index is 12.7. The van der Waals surface area contributed by atoms with E-state index in [9.17, 15) is 9.59 Å². The second-order valence-electron chi connectivity index (χ2n) is 6.82. The molecule has 2 aliphatic carbocycles. The molecule has 2 fully saturated rings. The average molecular weight is 313 g/mol. The van der Waals surface area contributed by atoms with E-state index in [1.165, 1.54) is 24.0 Å². The predicted molar refractivity (Wildman–Crippen MR) is 86.8 cm³/mol. The SMILES string of the molecule is O=C1CN(C(=O)CN(C2CC2)[C@@H]2CCc3ccccc32)CCN1. The van der Waals surface area contributed by atoms with E-state index in [2.05, 4.69) is 34.5 Å². The molecule has 0 bridgehead atoms. The molecular weight excluding hydrogens is 290 g/mol. The number of nitrogens with one attached hydrogen (secondary N) is 1. The molecule has 0 spiro atoms. The number of rotatable bonds is 4. The summed E-state index contributed by atoms with van der Waals surface area (Å²) in [4.78, 5) is 28.3. The lowest BCUT2D eigenvalue weighted by molar-refractivity contribution is -0.139. The van der Waals surface area contributed by atoms with E-state index >= 15 is 0 Å². The molecule has 1 saturated carbocycles. The molecule has 1 aromatic carbocycles.